The zero-order chi connectivity index (χ0) is 21.8. The Bertz CT molecular complexity index is 958. The van der Waals surface area contributed by atoms with E-state index >= 15 is 0 Å². The van der Waals surface area contributed by atoms with E-state index in [2.05, 4.69) is 20.4 Å². The van der Waals surface area contributed by atoms with Crippen molar-refractivity contribution in [3.8, 4) is 0 Å². The van der Waals surface area contributed by atoms with Crippen LogP contribution in [0.25, 0.3) is 0 Å². The summed E-state index contributed by atoms with van der Waals surface area (Å²) in [5.74, 6) is -1.99. The lowest BCUT2D eigenvalue weighted by Crippen LogP contribution is -2.41. The quantitative estimate of drug-likeness (QED) is 0.706. The van der Waals surface area contributed by atoms with Crippen LogP contribution in [0.1, 0.15) is 27.3 Å². The first kappa shape index (κ1) is 21.4. The van der Waals surface area contributed by atoms with E-state index in [1.165, 1.54) is 6.07 Å². The fraction of sp³-hybridized carbons (Fsp3) is 0.476. The van der Waals surface area contributed by atoms with Gasteiger partial charge in [-0.3, -0.25) is 19.6 Å². The van der Waals surface area contributed by atoms with Crippen molar-refractivity contribution < 1.29 is 23.1 Å². The average Bonchev–Trinajstić information content (AvgIpc) is 3.19. The molecular formula is C21H25F2N5O3. The number of hydrogen-bond donors (Lipinski definition) is 2. The smallest absolute Gasteiger partial charge is 0.272 e. The van der Waals surface area contributed by atoms with Gasteiger partial charge in [-0.2, -0.15) is 5.10 Å². The van der Waals surface area contributed by atoms with Crippen molar-refractivity contribution in [2.24, 2.45) is 0 Å². The zero-order valence-electron chi connectivity index (χ0n) is 17.1. The van der Waals surface area contributed by atoms with Crippen molar-refractivity contribution >= 4 is 11.8 Å². The molecule has 1 fully saturated rings. The van der Waals surface area contributed by atoms with Gasteiger partial charge >= 0.3 is 0 Å². The van der Waals surface area contributed by atoms with Crippen molar-refractivity contribution in [1.29, 1.82) is 0 Å². The van der Waals surface area contributed by atoms with E-state index in [9.17, 15) is 18.4 Å². The number of rotatable bonds is 6. The molecule has 2 aromatic rings. The molecule has 166 valence electrons. The van der Waals surface area contributed by atoms with Crippen molar-refractivity contribution in [1.82, 2.24) is 25.3 Å². The predicted molar refractivity (Wildman–Crippen MR) is 107 cm³/mol. The largest absolute Gasteiger partial charge is 0.379 e. The summed E-state index contributed by atoms with van der Waals surface area (Å²) in [6.45, 7) is 4.98. The highest BCUT2D eigenvalue weighted by Crippen LogP contribution is 2.22. The number of nitrogens with zero attached hydrogens (tertiary/aromatic N) is 3. The summed E-state index contributed by atoms with van der Waals surface area (Å²) >= 11 is 0. The number of halogens is 2. The maximum absolute atomic E-state index is 13.9. The molecule has 0 spiro atoms. The predicted octanol–water partition coefficient (Wildman–Crippen LogP) is 0.877. The lowest BCUT2D eigenvalue weighted by Gasteiger charge is -2.27. The molecule has 0 radical (unpaired) electrons. The second kappa shape index (κ2) is 9.52. The molecule has 2 aliphatic rings. The number of benzene rings is 1. The third-order valence-electron chi connectivity index (χ3n) is 5.68. The fourth-order valence-electron chi connectivity index (χ4n) is 3.87. The van der Waals surface area contributed by atoms with E-state index in [1.807, 2.05) is 0 Å². The summed E-state index contributed by atoms with van der Waals surface area (Å²) in [5, 5.41) is 9.94. The Morgan fingerprint density at radius 1 is 1.19 bits per heavy atom. The highest BCUT2D eigenvalue weighted by atomic mass is 19.1. The van der Waals surface area contributed by atoms with Crippen LogP contribution in [-0.2, 0) is 28.9 Å². The van der Waals surface area contributed by atoms with Gasteiger partial charge in [-0.25, -0.2) is 8.78 Å². The van der Waals surface area contributed by atoms with Crippen LogP contribution in [0.3, 0.4) is 0 Å². The summed E-state index contributed by atoms with van der Waals surface area (Å²) in [5.41, 5.74) is 1.94. The third kappa shape index (κ3) is 5.08. The molecule has 1 aromatic heterocycles. The van der Waals surface area contributed by atoms with E-state index in [-0.39, 0.29) is 36.0 Å². The number of carbonyl (C=O) groups excluding carboxylic acids is 2. The molecule has 0 atom stereocenters. The lowest BCUT2D eigenvalue weighted by molar-refractivity contribution is -0.131. The molecule has 31 heavy (non-hydrogen) atoms. The number of H-pyrrole nitrogens is 1. The van der Waals surface area contributed by atoms with Gasteiger partial charge in [0.25, 0.3) is 5.91 Å². The number of ether oxygens (including phenoxy) is 1. The Kier molecular flexibility index (Phi) is 6.57. The van der Waals surface area contributed by atoms with Gasteiger partial charge in [0.2, 0.25) is 5.91 Å². The average molecular weight is 433 g/mol. The molecule has 1 saturated heterocycles. The van der Waals surface area contributed by atoms with Crippen molar-refractivity contribution in [2.45, 2.75) is 19.4 Å². The maximum atomic E-state index is 13.9. The molecule has 0 aliphatic carbocycles. The Morgan fingerprint density at radius 3 is 2.77 bits per heavy atom. The van der Waals surface area contributed by atoms with Crippen molar-refractivity contribution in [3.63, 3.8) is 0 Å². The standard InChI is InChI=1S/C21H25F2N5O3/c22-15-2-1-14(17(23)12-15)11-19(29)28-5-3-18-16(13-28)20(26-25-18)21(30)24-4-6-27-7-9-31-10-8-27/h1-2,12H,3-11,13H2,(H,24,30)(H,25,26). The first-order valence-corrected chi connectivity index (χ1v) is 10.4. The number of aromatic nitrogens is 2. The van der Waals surface area contributed by atoms with E-state index in [1.54, 1.807) is 4.90 Å². The SMILES string of the molecule is O=C(NCCN1CCOCC1)c1n[nH]c2c1CN(C(=O)Cc1ccc(F)cc1F)CC2. The number of nitrogens with one attached hydrogen (secondary N) is 2. The molecule has 2 aliphatic heterocycles. The van der Waals surface area contributed by atoms with Gasteiger partial charge in [-0.05, 0) is 11.6 Å². The molecule has 10 heteroatoms. The lowest BCUT2D eigenvalue weighted by atomic mass is 10.0. The zero-order valence-corrected chi connectivity index (χ0v) is 17.1. The van der Waals surface area contributed by atoms with Crippen LogP contribution in [0, 0.1) is 11.6 Å². The van der Waals surface area contributed by atoms with Crippen LogP contribution < -0.4 is 5.32 Å². The molecule has 1 aromatic carbocycles. The minimum atomic E-state index is -0.741. The molecule has 8 nitrogen and oxygen atoms in total. The normalized spacial score (nSPS) is 16.8. The van der Waals surface area contributed by atoms with Gasteiger partial charge in [0.1, 0.15) is 11.6 Å². The fourth-order valence-corrected chi connectivity index (χ4v) is 3.87. The molecular weight excluding hydrogens is 408 g/mol. The number of morpholine rings is 1. The Hall–Kier alpha value is -2.85. The minimum Gasteiger partial charge on any atom is -0.379 e. The monoisotopic (exact) mass is 433 g/mol. The molecule has 0 saturated carbocycles. The van der Waals surface area contributed by atoms with Gasteiger partial charge < -0.3 is 15.0 Å². The first-order chi connectivity index (χ1) is 15.0. The van der Waals surface area contributed by atoms with Gasteiger partial charge in [0, 0.05) is 63.0 Å². The number of amides is 2. The van der Waals surface area contributed by atoms with Crippen LogP contribution in [0.15, 0.2) is 18.2 Å². The summed E-state index contributed by atoms with van der Waals surface area (Å²) < 4.78 is 32.3. The summed E-state index contributed by atoms with van der Waals surface area (Å²) in [6, 6.07) is 3.19. The highest BCUT2D eigenvalue weighted by molar-refractivity contribution is 5.94. The Morgan fingerprint density at radius 2 is 2.00 bits per heavy atom. The maximum Gasteiger partial charge on any atom is 0.272 e. The Labute approximate surface area is 178 Å². The highest BCUT2D eigenvalue weighted by Gasteiger charge is 2.28. The molecule has 4 rings (SSSR count). The van der Waals surface area contributed by atoms with E-state index in [4.69, 9.17) is 4.74 Å². The van der Waals surface area contributed by atoms with Crippen LogP contribution in [0.4, 0.5) is 8.78 Å². The summed E-state index contributed by atoms with van der Waals surface area (Å²) in [6.07, 6.45) is 0.363. The van der Waals surface area contributed by atoms with E-state index in [0.717, 1.165) is 37.5 Å². The van der Waals surface area contributed by atoms with Crippen LogP contribution in [0.5, 0.6) is 0 Å². The van der Waals surface area contributed by atoms with Crippen LogP contribution in [-0.4, -0.2) is 77.7 Å². The molecule has 2 N–H and O–H groups in total. The second-order valence-corrected chi connectivity index (χ2v) is 7.72. The third-order valence-corrected chi connectivity index (χ3v) is 5.68. The van der Waals surface area contributed by atoms with Gasteiger partial charge in [0.05, 0.1) is 19.6 Å². The minimum absolute atomic E-state index is 0.144. The molecule has 3 heterocycles. The second-order valence-electron chi connectivity index (χ2n) is 7.72. The number of fused-ring (bicyclic) bond motifs is 1. The molecule has 0 unspecified atom stereocenters. The summed E-state index contributed by atoms with van der Waals surface area (Å²) in [4.78, 5) is 29.1. The first-order valence-electron chi connectivity index (χ1n) is 10.4. The van der Waals surface area contributed by atoms with Gasteiger partial charge in [0.15, 0.2) is 5.69 Å². The number of hydrogen-bond acceptors (Lipinski definition) is 5. The van der Waals surface area contributed by atoms with Gasteiger partial charge in [-0.15, -0.1) is 0 Å². The van der Waals surface area contributed by atoms with Crippen LogP contribution in [0.2, 0.25) is 0 Å². The topological polar surface area (TPSA) is 90.6 Å². The van der Waals surface area contributed by atoms with E-state index < -0.39 is 11.6 Å². The number of carbonyl (C=O) groups is 2. The summed E-state index contributed by atoms with van der Waals surface area (Å²) in [7, 11) is 0. The van der Waals surface area contributed by atoms with Crippen LogP contribution >= 0.6 is 0 Å². The number of aromatic amines is 1. The molecule has 0 bridgehead atoms. The van der Waals surface area contributed by atoms with Crippen molar-refractivity contribution in [3.05, 3.63) is 52.3 Å². The molecule has 2 amide bonds. The van der Waals surface area contributed by atoms with E-state index in [0.29, 0.717) is 38.3 Å². The van der Waals surface area contributed by atoms with Crippen molar-refractivity contribution in [2.75, 3.05) is 45.9 Å². The Balaban J connectivity index is 1.35. The van der Waals surface area contributed by atoms with Gasteiger partial charge in [-0.1, -0.05) is 6.07 Å².